The minimum absolute atomic E-state index is 0.331. The molecule has 100 valence electrons. The normalized spacial score (nSPS) is 10.7. The number of pyridine rings is 1. The van der Waals surface area contributed by atoms with Crippen LogP contribution in [0.5, 0.6) is 0 Å². The molecule has 0 unspecified atom stereocenters. The van der Waals surface area contributed by atoms with Gasteiger partial charge in [-0.15, -0.1) is 0 Å². The van der Waals surface area contributed by atoms with Crippen LogP contribution >= 0.6 is 15.9 Å². The van der Waals surface area contributed by atoms with Gasteiger partial charge in [-0.1, -0.05) is 15.9 Å². The number of halogens is 2. The lowest BCUT2D eigenvalue weighted by Gasteiger charge is -2.09. The molecule has 2 heterocycles. The van der Waals surface area contributed by atoms with E-state index >= 15 is 0 Å². The fourth-order valence-electron chi connectivity index (χ4n) is 1.93. The smallest absolute Gasteiger partial charge is 0.148 e. The summed E-state index contributed by atoms with van der Waals surface area (Å²) in [7, 11) is 0. The van der Waals surface area contributed by atoms with Gasteiger partial charge in [0.2, 0.25) is 0 Å². The Morgan fingerprint density at radius 3 is 2.70 bits per heavy atom. The molecular weight excluding hydrogens is 323 g/mol. The third-order valence-electron chi connectivity index (χ3n) is 2.89. The highest BCUT2D eigenvalue weighted by atomic mass is 79.9. The van der Waals surface area contributed by atoms with Gasteiger partial charge in [0.1, 0.15) is 11.6 Å². The Bertz CT molecular complexity index is 752. The monoisotopic (exact) mass is 332 g/mol. The lowest BCUT2D eigenvalue weighted by Crippen LogP contribution is -1.99. The van der Waals surface area contributed by atoms with Crippen molar-refractivity contribution < 1.29 is 4.39 Å². The molecule has 2 aromatic heterocycles. The maximum Gasteiger partial charge on any atom is 0.148 e. The fourth-order valence-corrected chi connectivity index (χ4v) is 2.27. The van der Waals surface area contributed by atoms with Gasteiger partial charge in [-0.2, -0.15) is 0 Å². The number of rotatable bonds is 2. The first kappa shape index (κ1) is 12.8. The zero-order valence-electron chi connectivity index (χ0n) is 10.3. The molecule has 0 atom stereocenters. The van der Waals surface area contributed by atoms with Crippen LogP contribution in [0.1, 0.15) is 0 Å². The maximum absolute atomic E-state index is 14.1. The second-order valence-corrected chi connectivity index (χ2v) is 5.13. The fraction of sp³-hybridized carbons (Fsp3) is 0. The Hall–Kier alpha value is -2.21. The molecular formula is C14H10BrFN4. The molecule has 0 fully saturated rings. The van der Waals surface area contributed by atoms with Crippen LogP contribution < -0.4 is 5.73 Å². The molecule has 4 nitrogen and oxygen atoms in total. The molecule has 1 aromatic carbocycles. The Kier molecular flexibility index (Phi) is 3.23. The van der Waals surface area contributed by atoms with E-state index in [4.69, 9.17) is 5.73 Å². The summed E-state index contributed by atoms with van der Waals surface area (Å²) in [5, 5.41) is 0. The van der Waals surface area contributed by atoms with Crippen molar-refractivity contribution in [3.05, 3.63) is 59.3 Å². The number of anilines is 1. The zero-order chi connectivity index (χ0) is 14.1. The molecule has 0 saturated carbocycles. The van der Waals surface area contributed by atoms with Crippen LogP contribution in [0.2, 0.25) is 0 Å². The summed E-state index contributed by atoms with van der Waals surface area (Å²) in [5.41, 5.74) is 7.57. The molecule has 0 aliphatic heterocycles. The average Bonchev–Trinajstić information content (AvgIpc) is 2.88. The van der Waals surface area contributed by atoms with E-state index in [0.29, 0.717) is 16.0 Å². The summed E-state index contributed by atoms with van der Waals surface area (Å²) in [4.78, 5) is 8.13. The quantitative estimate of drug-likeness (QED) is 0.782. The first-order valence-corrected chi connectivity index (χ1v) is 6.64. The van der Waals surface area contributed by atoms with E-state index in [9.17, 15) is 4.39 Å². The number of imidazole rings is 1. The first-order valence-electron chi connectivity index (χ1n) is 5.85. The summed E-state index contributed by atoms with van der Waals surface area (Å²) >= 11 is 3.24. The van der Waals surface area contributed by atoms with Crippen molar-refractivity contribution >= 4 is 21.7 Å². The number of hydrogen-bond donors (Lipinski definition) is 1. The van der Waals surface area contributed by atoms with Crippen LogP contribution in [-0.2, 0) is 0 Å². The highest BCUT2D eigenvalue weighted by molar-refractivity contribution is 9.10. The van der Waals surface area contributed by atoms with Crippen LogP contribution in [0, 0.1) is 5.82 Å². The van der Waals surface area contributed by atoms with Crippen LogP contribution in [0.15, 0.2) is 53.5 Å². The first-order chi connectivity index (χ1) is 9.65. The largest absolute Gasteiger partial charge is 0.384 e. The number of nitrogens with zero attached hydrogens (tertiary/aromatic N) is 3. The van der Waals surface area contributed by atoms with E-state index < -0.39 is 0 Å². The van der Waals surface area contributed by atoms with Gasteiger partial charge >= 0.3 is 0 Å². The van der Waals surface area contributed by atoms with Crippen LogP contribution in [0.3, 0.4) is 0 Å². The Balaban J connectivity index is 2.12. The number of aromatic nitrogens is 3. The van der Waals surface area contributed by atoms with Crippen molar-refractivity contribution in [1.82, 2.24) is 14.5 Å². The highest BCUT2D eigenvalue weighted by Gasteiger charge is 2.11. The van der Waals surface area contributed by atoms with Gasteiger partial charge in [0.25, 0.3) is 0 Å². The molecule has 2 N–H and O–H groups in total. The Morgan fingerprint density at radius 2 is 2.00 bits per heavy atom. The molecule has 6 heteroatoms. The number of nitrogens with two attached hydrogens (primary N) is 1. The third kappa shape index (κ3) is 2.30. The minimum atomic E-state index is -0.331. The molecule has 3 aromatic rings. The van der Waals surface area contributed by atoms with Gasteiger partial charge in [0, 0.05) is 16.2 Å². The summed E-state index contributed by atoms with van der Waals surface area (Å²) in [6, 6.07) is 8.41. The molecule has 3 rings (SSSR count). The zero-order valence-corrected chi connectivity index (χ0v) is 11.9. The molecule has 0 saturated heterocycles. The van der Waals surface area contributed by atoms with E-state index in [-0.39, 0.29) is 5.82 Å². The van der Waals surface area contributed by atoms with Crippen LogP contribution in [0.4, 0.5) is 10.2 Å². The lowest BCUT2D eigenvalue weighted by molar-refractivity contribution is 0.617. The number of benzene rings is 1. The second kappa shape index (κ2) is 5.05. The van der Waals surface area contributed by atoms with Gasteiger partial charge in [-0.3, -0.25) is 4.57 Å². The van der Waals surface area contributed by atoms with Gasteiger partial charge < -0.3 is 5.73 Å². The maximum atomic E-state index is 14.1. The van der Waals surface area contributed by atoms with Gasteiger partial charge in [-0.25, -0.2) is 14.4 Å². The molecule has 0 aliphatic rings. The molecule has 0 spiro atoms. The highest BCUT2D eigenvalue weighted by Crippen LogP contribution is 2.25. The van der Waals surface area contributed by atoms with E-state index in [1.54, 1.807) is 41.5 Å². The van der Waals surface area contributed by atoms with Gasteiger partial charge in [-0.05, 0) is 30.3 Å². The molecule has 0 bridgehead atoms. The van der Waals surface area contributed by atoms with E-state index in [2.05, 4.69) is 25.9 Å². The predicted octanol–water partition coefficient (Wildman–Crippen LogP) is 3.42. The lowest BCUT2D eigenvalue weighted by atomic mass is 10.2. The van der Waals surface area contributed by atoms with Gasteiger partial charge in [0.05, 0.1) is 23.9 Å². The van der Waals surface area contributed by atoms with Crippen molar-refractivity contribution in [3.63, 3.8) is 0 Å². The predicted molar refractivity (Wildman–Crippen MR) is 78.9 cm³/mol. The third-order valence-corrected chi connectivity index (χ3v) is 3.38. The van der Waals surface area contributed by atoms with Crippen molar-refractivity contribution in [1.29, 1.82) is 0 Å². The number of nitrogen functional groups attached to an aromatic ring is 1. The standard InChI is InChI=1S/C14H10BrFN4/c15-10-2-3-12(11(16)5-10)20-8-18-7-13(20)9-1-4-14(17)19-6-9/h1-8H,(H2,17,19). The van der Waals surface area contributed by atoms with E-state index in [0.717, 1.165) is 11.3 Å². The summed E-state index contributed by atoms with van der Waals surface area (Å²) in [5.74, 6) is 0.108. The average molecular weight is 333 g/mol. The van der Waals surface area contributed by atoms with Crippen molar-refractivity contribution in [3.8, 4) is 16.9 Å². The summed E-state index contributed by atoms with van der Waals surface area (Å²) in [6.07, 6.45) is 4.87. The van der Waals surface area contributed by atoms with Crippen molar-refractivity contribution in [2.24, 2.45) is 0 Å². The molecule has 0 aliphatic carbocycles. The minimum Gasteiger partial charge on any atom is -0.384 e. The van der Waals surface area contributed by atoms with Crippen molar-refractivity contribution in [2.75, 3.05) is 5.73 Å². The second-order valence-electron chi connectivity index (χ2n) is 4.22. The molecule has 20 heavy (non-hydrogen) atoms. The molecule has 0 radical (unpaired) electrons. The van der Waals surface area contributed by atoms with Crippen LogP contribution in [-0.4, -0.2) is 14.5 Å². The number of hydrogen-bond acceptors (Lipinski definition) is 3. The topological polar surface area (TPSA) is 56.7 Å². The van der Waals surface area contributed by atoms with E-state index in [1.165, 1.54) is 6.07 Å². The Morgan fingerprint density at radius 1 is 1.15 bits per heavy atom. The van der Waals surface area contributed by atoms with E-state index in [1.807, 2.05) is 6.07 Å². The SMILES string of the molecule is Nc1ccc(-c2cncn2-c2ccc(Br)cc2F)cn1. The van der Waals surface area contributed by atoms with Crippen LogP contribution in [0.25, 0.3) is 16.9 Å². The summed E-state index contributed by atoms with van der Waals surface area (Å²) < 4.78 is 16.4. The van der Waals surface area contributed by atoms with Crippen molar-refractivity contribution in [2.45, 2.75) is 0 Å². The molecule has 0 amide bonds. The Labute approximate surface area is 123 Å². The van der Waals surface area contributed by atoms with Gasteiger partial charge in [0.15, 0.2) is 0 Å². The summed E-state index contributed by atoms with van der Waals surface area (Å²) in [6.45, 7) is 0.